The van der Waals surface area contributed by atoms with Crippen LogP contribution in [0.2, 0.25) is 0 Å². The normalized spacial score (nSPS) is 16.7. The molecule has 0 aromatic rings. The summed E-state index contributed by atoms with van der Waals surface area (Å²) in [5.74, 6) is 0.0418. The van der Waals surface area contributed by atoms with Crippen LogP contribution < -0.4 is 10.6 Å². The number of ketones is 1. The molecule has 1 aliphatic heterocycles. The third-order valence-corrected chi connectivity index (χ3v) is 3.54. The Morgan fingerprint density at radius 2 is 1.65 bits per heavy atom. The van der Waals surface area contributed by atoms with Crippen molar-refractivity contribution >= 4 is 17.6 Å². The number of carbonyl (C=O) groups is 3. The summed E-state index contributed by atoms with van der Waals surface area (Å²) in [7, 11) is 2.06. The minimum absolute atomic E-state index is 0.00993. The molecule has 0 bridgehead atoms. The van der Waals surface area contributed by atoms with Crippen LogP contribution in [0.5, 0.6) is 0 Å². The summed E-state index contributed by atoms with van der Waals surface area (Å²) in [5, 5.41) is 5.54. The van der Waals surface area contributed by atoms with Crippen molar-refractivity contribution in [1.29, 1.82) is 0 Å². The molecule has 6 nitrogen and oxygen atoms in total. The molecule has 1 saturated heterocycles. The van der Waals surface area contributed by atoms with Gasteiger partial charge < -0.3 is 20.3 Å². The molecule has 20 heavy (non-hydrogen) atoms. The highest BCUT2D eigenvalue weighted by Gasteiger charge is 2.22. The minimum Gasteiger partial charge on any atom is -0.354 e. The number of carbonyl (C=O) groups excluding carboxylic acids is 3. The first-order valence-electron chi connectivity index (χ1n) is 7.21. The van der Waals surface area contributed by atoms with Crippen LogP contribution in [0.15, 0.2) is 0 Å². The summed E-state index contributed by atoms with van der Waals surface area (Å²) in [6.45, 7) is 4.24. The van der Waals surface area contributed by atoms with Gasteiger partial charge in [-0.1, -0.05) is 0 Å². The predicted octanol–water partition coefficient (Wildman–Crippen LogP) is -0.0702. The van der Waals surface area contributed by atoms with E-state index in [1.807, 2.05) is 0 Å². The molecule has 2 N–H and O–H groups in total. The third kappa shape index (κ3) is 6.65. The molecule has 1 rings (SSSR count). The first kappa shape index (κ1) is 16.6. The van der Waals surface area contributed by atoms with Crippen LogP contribution in [-0.4, -0.2) is 55.7 Å². The number of amides is 2. The molecule has 1 fully saturated rings. The molecule has 0 aromatic carbocycles. The van der Waals surface area contributed by atoms with Gasteiger partial charge in [-0.2, -0.15) is 0 Å². The molecule has 114 valence electrons. The van der Waals surface area contributed by atoms with Crippen molar-refractivity contribution in [2.75, 3.05) is 33.2 Å². The van der Waals surface area contributed by atoms with Crippen molar-refractivity contribution in [1.82, 2.24) is 15.5 Å². The Bertz CT molecular complexity index is 350. The van der Waals surface area contributed by atoms with E-state index in [9.17, 15) is 14.4 Å². The van der Waals surface area contributed by atoms with E-state index < -0.39 is 0 Å². The molecule has 2 amide bonds. The molecule has 0 unspecified atom stereocenters. The molecular weight excluding hydrogens is 258 g/mol. The van der Waals surface area contributed by atoms with Gasteiger partial charge >= 0.3 is 0 Å². The summed E-state index contributed by atoms with van der Waals surface area (Å²) in [5.41, 5.74) is 0. The highest BCUT2D eigenvalue weighted by Crippen LogP contribution is 2.15. The molecule has 1 heterocycles. The van der Waals surface area contributed by atoms with E-state index in [2.05, 4.69) is 22.6 Å². The van der Waals surface area contributed by atoms with Gasteiger partial charge in [-0.25, -0.2) is 0 Å². The van der Waals surface area contributed by atoms with E-state index in [-0.39, 0.29) is 36.4 Å². The highest BCUT2D eigenvalue weighted by molar-refractivity contribution is 5.83. The number of nitrogens with zero attached hydrogens (tertiary/aromatic N) is 1. The second-order valence-corrected chi connectivity index (χ2v) is 5.42. The van der Waals surface area contributed by atoms with Crippen LogP contribution in [-0.2, 0) is 14.4 Å². The number of likely N-dealkylation sites (tertiary alicyclic amines) is 1. The maximum absolute atomic E-state index is 11.9. The zero-order chi connectivity index (χ0) is 15.0. The van der Waals surface area contributed by atoms with Crippen molar-refractivity contribution in [3.63, 3.8) is 0 Å². The SMILES string of the molecule is CC(=O)CCC(=O)NCCNC(=O)C1CCN(C)CC1. The van der Waals surface area contributed by atoms with Crippen LogP contribution in [0, 0.1) is 5.92 Å². The van der Waals surface area contributed by atoms with Gasteiger partial charge in [0.25, 0.3) is 0 Å². The van der Waals surface area contributed by atoms with Crippen molar-refractivity contribution in [2.45, 2.75) is 32.6 Å². The number of piperidine rings is 1. The molecule has 0 aromatic heterocycles. The second kappa shape index (κ2) is 8.68. The van der Waals surface area contributed by atoms with Crippen LogP contribution in [0.3, 0.4) is 0 Å². The van der Waals surface area contributed by atoms with Crippen LogP contribution in [0.25, 0.3) is 0 Å². The lowest BCUT2D eigenvalue weighted by atomic mass is 9.96. The average Bonchev–Trinajstić information content (AvgIpc) is 2.42. The maximum Gasteiger partial charge on any atom is 0.223 e. The molecule has 6 heteroatoms. The quantitative estimate of drug-likeness (QED) is 0.641. The topological polar surface area (TPSA) is 78.5 Å². The lowest BCUT2D eigenvalue weighted by molar-refractivity contribution is -0.127. The van der Waals surface area contributed by atoms with Crippen LogP contribution in [0.1, 0.15) is 32.6 Å². The first-order chi connectivity index (χ1) is 9.49. The van der Waals surface area contributed by atoms with E-state index in [0.29, 0.717) is 13.1 Å². The Balaban J connectivity index is 2.07. The first-order valence-corrected chi connectivity index (χ1v) is 7.21. The van der Waals surface area contributed by atoms with Gasteiger partial charge in [0.15, 0.2) is 0 Å². The van der Waals surface area contributed by atoms with Gasteiger partial charge in [0.2, 0.25) is 11.8 Å². The zero-order valence-electron chi connectivity index (χ0n) is 12.4. The molecule has 0 atom stereocenters. The summed E-state index contributed by atoms with van der Waals surface area (Å²) >= 11 is 0. The third-order valence-electron chi connectivity index (χ3n) is 3.54. The zero-order valence-corrected chi connectivity index (χ0v) is 12.4. The minimum atomic E-state index is -0.145. The number of Topliss-reactive ketones (excluding diaryl/α,β-unsaturated/α-hetero) is 1. The van der Waals surface area contributed by atoms with Gasteiger partial charge in [-0.15, -0.1) is 0 Å². The Kier molecular flexibility index (Phi) is 7.22. The Labute approximate surface area is 120 Å². The van der Waals surface area contributed by atoms with Gasteiger partial charge in [0, 0.05) is 31.8 Å². The summed E-state index contributed by atoms with van der Waals surface area (Å²) in [6, 6.07) is 0. The fraction of sp³-hybridized carbons (Fsp3) is 0.786. The van der Waals surface area contributed by atoms with E-state index in [1.165, 1.54) is 6.92 Å². The number of hydrogen-bond donors (Lipinski definition) is 2. The fourth-order valence-electron chi connectivity index (χ4n) is 2.18. The number of rotatable bonds is 7. The monoisotopic (exact) mass is 283 g/mol. The Morgan fingerprint density at radius 3 is 2.25 bits per heavy atom. The van der Waals surface area contributed by atoms with E-state index in [1.54, 1.807) is 0 Å². The Hall–Kier alpha value is -1.43. The van der Waals surface area contributed by atoms with Gasteiger partial charge in [-0.3, -0.25) is 9.59 Å². The van der Waals surface area contributed by atoms with Gasteiger partial charge in [-0.05, 0) is 39.9 Å². The average molecular weight is 283 g/mol. The lowest BCUT2D eigenvalue weighted by Crippen LogP contribution is -2.41. The molecule has 0 saturated carbocycles. The molecule has 0 spiro atoms. The molecular formula is C14H25N3O3. The summed E-state index contributed by atoms with van der Waals surface area (Å²) < 4.78 is 0. The Morgan fingerprint density at radius 1 is 1.05 bits per heavy atom. The maximum atomic E-state index is 11.9. The predicted molar refractivity (Wildman–Crippen MR) is 76.2 cm³/mol. The second-order valence-electron chi connectivity index (χ2n) is 5.42. The van der Waals surface area contributed by atoms with E-state index in [0.717, 1.165) is 25.9 Å². The lowest BCUT2D eigenvalue weighted by Gasteiger charge is -2.28. The van der Waals surface area contributed by atoms with Gasteiger partial charge in [0.05, 0.1) is 0 Å². The summed E-state index contributed by atoms with van der Waals surface area (Å²) in [6.07, 6.45) is 2.28. The molecule has 0 aliphatic carbocycles. The van der Waals surface area contributed by atoms with E-state index in [4.69, 9.17) is 0 Å². The largest absolute Gasteiger partial charge is 0.354 e. The van der Waals surface area contributed by atoms with E-state index >= 15 is 0 Å². The number of nitrogens with one attached hydrogen (secondary N) is 2. The van der Waals surface area contributed by atoms with Crippen molar-refractivity contribution < 1.29 is 14.4 Å². The number of hydrogen-bond acceptors (Lipinski definition) is 4. The van der Waals surface area contributed by atoms with Crippen molar-refractivity contribution in [3.05, 3.63) is 0 Å². The summed E-state index contributed by atoms with van der Waals surface area (Å²) in [4.78, 5) is 36.2. The molecule has 0 radical (unpaired) electrons. The highest BCUT2D eigenvalue weighted by atomic mass is 16.2. The smallest absolute Gasteiger partial charge is 0.223 e. The van der Waals surface area contributed by atoms with Crippen LogP contribution >= 0.6 is 0 Å². The van der Waals surface area contributed by atoms with Crippen molar-refractivity contribution in [2.24, 2.45) is 5.92 Å². The molecule has 1 aliphatic rings. The van der Waals surface area contributed by atoms with Crippen molar-refractivity contribution in [3.8, 4) is 0 Å². The standard InChI is InChI=1S/C14H25N3O3/c1-11(18)3-4-13(19)15-7-8-16-14(20)12-5-9-17(2)10-6-12/h12H,3-10H2,1-2H3,(H,15,19)(H,16,20). The van der Waals surface area contributed by atoms with Crippen LogP contribution in [0.4, 0.5) is 0 Å². The fourth-order valence-corrected chi connectivity index (χ4v) is 2.18. The van der Waals surface area contributed by atoms with Gasteiger partial charge in [0.1, 0.15) is 5.78 Å².